The molecular weight excluding hydrogens is 148 g/mol. The average molecular weight is 160 g/mol. The molecule has 6 unspecified atom stereocenters. The topological polar surface area (TPSA) is 17.1 Å². The van der Waals surface area contributed by atoms with Gasteiger partial charge in [0, 0.05) is 11.8 Å². The van der Waals surface area contributed by atoms with E-state index in [1.54, 1.807) is 0 Å². The molecule has 2 bridgehead atoms. The Hall–Kier alpha value is -0.330. The molecule has 5 saturated carbocycles. The van der Waals surface area contributed by atoms with Gasteiger partial charge in [-0.1, -0.05) is 0 Å². The summed E-state index contributed by atoms with van der Waals surface area (Å²) >= 11 is 0. The molecule has 0 aliphatic heterocycles. The molecule has 12 heavy (non-hydrogen) atoms. The van der Waals surface area contributed by atoms with Crippen LogP contribution in [0.25, 0.3) is 0 Å². The second-order valence-corrected chi connectivity index (χ2v) is 5.74. The molecule has 1 heteroatoms. The maximum absolute atomic E-state index is 11.9. The van der Waals surface area contributed by atoms with E-state index < -0.39 is 0 Å². The molecule has 5 aliphatic carbocycles. The van der Waals surface area contributed by atoms with Gasteiger partial charge in [0.1, 0.15) is 5.78 Å². The SMILES string of the molecule is O=C1C2C3CC3C3C1C3C1CC12. The third-order valence-corrected chi connectivity index (χ3v) is 5.48. The van der Waals surface area contributed by atoms with Gasteiger partial charge < -0.3 is 0 Å². The van der Waals surface area contributed by atoms with Crippen LogP contribution in [0.4, 0.5) is 0 Å². The number of carbonyl (C=O) groups excluding carboxylic acids is 1. The molecule has 0 aromatic carbocycles. The number of Topliss-reactive ketones (excluding diaryl/α,β-unsaturated/α-hetero) is 1. The Morgan fingerprint density at radius 2 is 1.42 bits per heavy atom. The smallest absolute Gasteiger partial charge is 0.140 e. The minimum absolute atomic E-state index is 0.583. The zero-order valence-corrected chi connectivity index (χ0v) is 6.94. The summed E-state index contributed by atoms with van der Waals surface area (Å²) in [5.41, 5.74) is 0. The van der Waals surface area contributed by atoms with Crippen LogP contribution in [0.3, 0.4) is 0 Å². The second kappa shape index (κ2) is 1.21. The van der Waals surface area contributed by atoms with Crippen LogP contribution < -0.4 is 0 Å². The van der Waals surface area contributed by atoms with E-state index in [-0.39, 0.29) is 0 Å². The Balaban J connectivity index is 1.79. The number of ketones is 1. The van der Waals surface area contributed by atoms with Gasteiger partial charge in [0.25, 0.3) is 0 Å². The highest BCUT2D eigenvalue weighted by Crippen LogP contribution is 2.81. The van der Waals surface area contributed by atoms with Gasteiger partial charge >= 0.3 is 0 Å². The molecule has 0 radical (unpaired) electrons. The predicted octanol–water partition coefficient (Wildman–Crippen LogP) is 1.33. The van der Waals surface area contributed by atoms with Crippen molar-refractivity contribution >= 4 is 5.78 Å². The molecule has 0 amide bonds. The maximum atomic E-state index is 11.9. The standard InChI is InChI=1S/C11H12O/c12-11-7-3-1-5(3)8-9(10(8)11)6-2-4(6)7/h3-10H,1-2H2. The molecule has 0 N–H and O–H groups in total. The van der Waals surface area contributed by atoms with Crippen molar-refractivity contribution in [2.75, 3.05) is 0 Å². The van der Waals surface area contributed by atoms with Gasteiger partial charge in [0.05, 0.1) is 0 Å². The second-order valence-electron chi connectivity index (χ2n) is 5.74. The van der Waals surface area contributed by atoms with Gasteiger partial charge in [0.2, 0.25) is 0 Å². The Morgan fingerprint density at radius 3 is 2.00 bits per heavy atom. The number of rotatable bonds is 0. The minimum atomic E-state index is 0.583. The fraction of sp³-hybridized carbons (Fsp3) is 0.909. The molecular formula is C11H12O. The van der Waals surface area contributed by atoms with Crippen LogP contribution >= 0.6 is 0 Å². The molecule has 5 rings (SSSR count). The first-order valence-corrected chi connectivity index (χ1v) is 5.41. The van der Waals surface area contributed by atoms with E-state index in [1.807, 2.05) is 0 Å². The predicted molar refractivity (Wildman–Crippen MR) is 42.2 cm³/mol. The highest BCUT2D eigenvalue weighted by Gasteiger charge is 2.80. The van der Waals surface area contributed by atoms with Gasteiger partial charge in [0.15, 0.2) is 0 Å². The molecule has 5 fully saturated rings. The summed E-state index contributed by atoms with van der Waals surface area (Å²) in [6.45, 7) is 0. The average Bonchev–Trinajstić information content (AvgIpc) is 2.83. The summed E-state index contributed by atoms with van der Waals surface area (Å²) < 4.78 is 0. The van der Waals surface area contributed by atoms with Gasteiger partial charge in [-0.05, 0) is 48.3 Å². The minimum Gasteiger partial charge on any atom is -0.299 e. The lowest BCUT2D eigenvalue weighted by Gasteiger charge is -2.21. The van der Waals surface area contributed by atoms with Crippen molar-refractivity contribution in [2.24, 2.45) is 47.3 Å². The molecule has 0 aromatic heterocycles. The van der Waals surface area contributed by atoms with Crippen LogP contribution in [0.1, 0.15) is 12.8 Å². The van der Waals surface area contributed by atoms with E-state index in [9.17, 15) is 4.79 Å². The van der Waals surface area contributed by atoms with Crippen molar-refractivity contribution < 1.29 is 4.79 Å². The monoisotopic (exact) mass is 160 g/mol. The van der Waals surface area contributed by atoms with Gasteiger partial charge in [-0.25, -0.2) is 0 Å². The largest absolute Gasteiger partial charge is 0.299 e. The fourth-order valence-electron chi connectivity index (χ4n) is 4.99. The third-order valence-electron chi connectivity index (χ3n) is 5.48. The van der Waals surface area contributed by atoms with Crippen LogP contribution in [-0.4, -0.2) is 5.78 Å². The summed E-state index contributed by atoms with van der Waals surface area (Å²) in [5.74, 6) is 7.57. The zero-order valence-electron chi connectivity index (χ0n) is 6.94. The van der Waals surface area contributed by atoms with E-state index in [4.69, 9.17) is 0 Å². The van der Waals surface area contributed by atoms with E-state index >= 15 is 0 Å². The third kappa shape index (κ3) is 0.348. The van der Waals surface area contributed by atoms with Crippen LogP contribution in [-0.2, 0) is 4.79 Å². The van der Waals surface area contributed by atoms with Gasteiger partial charge in [-0.2, -0.15) is 0 Å². The molecule has 5 aliphatic rings. The van der Waals surface area contributed by atoms with Crippen molar-refractivity contribution in [3.8, 4) is 0 Å². The van der Waals surface area contributed by atoms with Crippen molar-refractivity contribution in [1.82, 2.24) is 0 Å². The highest BCUT2D eigenvalue weighted by atomic mass is 16.1. The highest BCUT2D eigenvalue weighted by molar-refractivity contribution is 5.91. The summed E-state index contributed by atoms with van der Waals surface area (Å²) in [4.78, 5) is 11.9. The molecule has 0 spiro atoms. The molecule has 0 heterocycles. The van der Waals surface area contributed by atoms with Crippen LogP contribution in [0.15, 0.2) is 0 Å². The number of fused-ring (bicyclic) bond motifs is 8. The van der Waals surface area contributed by atoms with Crippen molar-refractivity contribution in [1.29, 1.82) is 0 Å². The number of carbonyl (C=O) groups is 1. The van der Waals surface area contributed by atoms with Crippen LogP contribution in [0.5, 0.6) is 0 Å². The molecule has 0 aromatic rings. The Bertz CT molecular complexity index is 297. The fourth-order valence-corrected chi connectivity index (χ4v) is 4.99. The normalized spacial score (nSPS) is 79.2. The van der Waals surface area contributed by atoms with E-state index in [0.717, 1.165) is 35.5 Å². The lowest BCUT2D eigenvalue weighted by Crippen LogP contribution is -2.28. The summed E-state index contributed by atoms with van der Waals surface area (Å²) in [6.07, 6.45) is 2.86. The maximum Gasteiger partial charge on any atom is 0.140 e. The first-order valence-electron chi connectivity index (χ1n) is 5.41. The molecule has 6 atom stereocenters. The molecule has 1 nitrogen and oxygen atoms in total. The van der Waals surface area contributed by atoms with Crippen molar-refractivity contribution in [3.05, 3.63) is 0 Å². The van der Waals surface area contributed by atoms with E-state index in [1.165, 1.54) is 12.8 Å². The lowest BCUT2D eigenvalue weighted by molar-refractivity contribution is -0.128. The lowest BCUT2D eigenvalue weighted by atomic mass is 9.82. The Labute approximate surface area is 71.5 Å². The number of hydrogen-bond acceptors (Lipinski definition) is 1. The summed E-state index contributed by atoms with van der Waals surface area (Å²) in [5, 5.41) is 0. The molecule has 62 valence electrons. The Morgan fingerprint density at radius 1 is 0.833 bits per heavy atom. The summed E-state index contributed by atoms with van der Waals surface area (Å²) in [6, 6.07) is 0. The van der Waals surface area contributed by atoms with E-state index in [0.29, 0.717) is 17.6 Å². The van der Waals surface area contributed by atoms with Crippen LogP contribution in [0, 0.1) is 47.3 Å². The van der Waals surface area contributed by atoms with Crippen LogP contribution in [0.2, 0.25) is 0 Å². The zero-order chi connectivity index (χ0) is 7.61. The molecule has 0 saturated heterocycles. The van der Waals surface area contributed by atoms with E-state index in [2.05, 4.69) is 0 Å². The van der Waals surface area contributed by atoms with Gasteiger partial charge in [-0.15, -0.1) is 0 Å². The quantitative estimate of drug-likeness (QED) is 0.522. The number of hydrogen-bond donors (Lipinski definition) is 0. The Kier molecular flexibility index (Phi) is 0.547. The van der Waals surface area contributed by atoms with Gasteiger partial charge in [-0.3, -0.25) is 4.79 Å². The first kappa shape index (κ1) is 5.41. The first-order chi connectivity index (χ1) is 5.88. The summed E-state index contributed by atoms with van der Waals surface area (Å²) in [7, 11) is 0. The van der Waals surface area contributed by atoms with Crippen molar-refractivity contribution in [2.45, 2.75) is 12.8 Å². The van der Waals surface area contributed by atoms with Crippen molar-refractivity contribution in [3.63, 3.8) is 0 Å².